The highest BCUT2D eigenvalue weighted by molar-refractivity contribution is 7.80. The van der Waals surface area contributed by atoms with Crippen LogP contribution in [0.15, 0.2) is 29.3 Å². The van der Waals surface area contributed by atoms with Crippen molar-refractivity contribution in [2.75, 3.05) is 0 Å². The second kappa shape index (κ2) is 3.37. The lowest BCUT2D eigenvalue weighted by Crippen LogP contribution is -2.10. The highest BCUT2D eigenvalue weighted by Crippen LogP contribution is 2.28. The summed E-state index contributed by atoms with van der Waals surface area (Å²) < 4.78 is 36.8. The molecule has 0 spiro atoms. The van der Waals surface area contributed by atoms with Gasteiger partial charge in [-0.25, -0.2) is 9.97 Å². The molecule has 0 aliphatic carbocycles. The van der Waals surface area contributed by atoms with Crippen LogP contribution in [0.3, 0.4) is 0 Å². The molecule has 0 atom stereocenters. The van der Waals surface area contributed by atoms with Crippen molar-refractivity contribution < 1.29 is 13.2 Å². The van der Waals surface area contributed by atoms with E-state index >= 15 is 0 Å². The maximum Gasteiger partial charge on any atom is 0.451 e. The number of hydrogen-bond donors (Lipinski definition) is 1. The van der Waals surface area contributed by atoms with Gasteiger partial charge in [-0.15, -0.1) is 12.6 Å². The maximum absolute atomic E-state index is 12.3. The molecule has 0 unspecified atom stereocenters. The molecule has 15 heavy (non-hydrogen) atoms. The van der Waals surface area contributed by atoms with Crippen LogP contribution in [0.5, 0.6) is 0 Å². The van der Waals surface area contributed by atoms with Gasteiger partial charge < -0.3 is 0 Å². The van der Waals surface area contributed by atoms with E-state index in [4.69, 9.17) is 0 Å². The van der Waals surface area contributed by atoms with Crippen molar-refractivity contribution >= 4 is 23.5 Å². The highest BCUT2D eigenvalue weighted by Gasteiger charge is 2.34. The topological polar surface area (TPSA) is 25.8 Å². The van der Waals surface area contributed by atoms with Crippen LogP contribution in [0.4, 0.5) is 13.2 Å². The van der Waals surface area contributed by atoms with Crippen LogP contribution in [0.25, 0.3) is 10.9 Å². The number of nitrogens with zero attached hydrogens (tertiary/aromatic N) is 2. The third kappa shape index (κ3) is 1.90. The minimum absolute atomic E-state index is 0.241. The second-order valence-electron chi connectivity index (χ2n) is 2.90. The van der Waals surface area contributed by atoms with Crippen molar-refractivity contribution in [1.29, 1.82) is 0 Å². The number of alkyl halides is 3. The zero-order valence-corrected chi connectivity index (χ0v) is 8.18. The van der Waals surface area contributed by atoms with Crippen LogP contribution in [-0.4, -0.2) is 9.97 Å². The number of rotatable bonds is 0. The van der Waals surface area contributed by atoms with Gasteiger partial charge in [0.2, 0.25) is 5.82 Å². The molecule has 78 valence electrons. The Morgan fingerprint density at radius 1 is 1.20 bits per heavy atom. The maximum atomic E-state index is 12.3. The molecule has 2 rings (SSSR count). The fourth-order valence-electron chi connectivity index (χ4n) is 1.18. The number of aromatic nitrogens is 2. The quantitative estimate of drug-likeness (QED) is 0.704. The molecule has 0 saturated carbocycles. The summed E-state index contributed by atoms with van der Waals surface area (Å²) >= 11 is 4.10. The van der Waals surface area contributed by atoms with Gasteiger partial charge in [-0.1, -0.05) is 6.07 Å². The standard InChI is InChI=1S/C9H5F3N2S/c10-9(11,12)8-13-4-5-6(14-8)2-1-3-7(5)15/h1-4,15H. The number of fused-ring (bicyclic) bond motifs is 1. The molecule has 0 aliphatic heterocycles. The van der Waals surface area contributed by atoms with Gasteiger partial charge in [0, 0.05) is 16.5 Å². The number of hydrogen-bond acceptors (Lipinski definition) is 3. The van der Waals surface area contributed by atoms with Gasteiger partial charge in [0.25, 0.3) is 0 Å². The van der Waals surface area contributed by atoms with Gasteiger partial charge in [0.1, 0.15) is 0 Å². The van der Waals surface area contributed by atoms with Crippen LogP contribution in [0.1, 0.15) is 5.82 Å². The van der Waals surface area contributed by atoms with Crippen molar-refractivity contribution in [3.8, 4) is 0 Å². The van der Waals surface area contributed by atoms with Crippen LogP contribution in [0, 0.1) is 0 Å². The zero-order valence-electron chi connectivity index (χ0n) is 7.28. The number of benzene rings is 1. The van der Waals surface area contributed by atoms with Crippen LogP contribution in [-0.2, 0) is 6.18 Å². The first-order valence-corrected chi connectivity index (χ1v) is 4.45. The van der Waals surface area contributed by atoms with Gasteiger partial charge in [0.15, 0.2) is 0 Å². The minimum atomic E-state index is -4.51. The molecule has 0 fully saturated rings. The molecule has 0 radical (unpaired) electrons. The molecule has 6 heteroatoms. The Labute approximate surface area is 88.6 Å². The molecule has 2 aromatic rings. The van der Waals surface area contributed by atoms with Gasteiger partial charge in [0.05, 0.1) is 5.52 Å². The SMILES string of the molecule is FC(F)(F)c1ncc2c(S)cccc2n1. The largest absolute Gasteiger partial charge is 0.451 e. The van der Waals surface area contributed by atoms with E-state index < -0.39 is 12.0 Å². The predicted octanol–water partition coefficient (Wildman–Crippen LogP) is 2.94. The van der Waals surface area contributed by atoms with Crippen LogP contribution < -0.4 is 0 Å². The Hall–Kier alpha value is -1.30. The molecule has 2 nitrogen and oxygen atoms in total. The predicted molar refractivity (Wildman–Crippen MR) is 51.8 cm³/mol. The van der Waals surface area contributed by atoms with Crippen LogP contribution >= 0.6 is 12.6 Å². The Bertz CT molecular complexity index is 510. The smallest absolute Gasteiger partial charge is 0.232 e. The third-order valence-corrected chi connectivity index (χ3v) is 2.25. The summed E-state index contributed by atoms with van der Waals surface area (Å²) in [4.78, 5) is 7.23. The molecule has 0 saturated heterocycles. The van der Waals surface area contributed by atoms with Gasteiger partial charge in [-0.2, -0.15) is 13.2 Å². The summed E-state index contributed by atoms with van der Waals surface area (Å²) in [7, 11) is 0. The lowest BCUT2D eigenvalue weighted by atomic mass is 10.2. The summed E-state index contributed by atoms with van der Waals surface area (Å²) in [5.74, 6) is -1.13. The average Bonchev–Trinajstić information content (AvgIpc) is 2.16. The lowest BCUT2D eigenvalue weighted by molar-refractivity contribution is -0.144. The number of thiol groups is 1. The number of halogens is 3. The zero-order chi connectivity index (χ0) is 11.1. The monoisotopic (exact) mass is 230 g/mol. The molecule has 1 aromatic heterocycles. The van der Waals surface area contributed by atoms with Gasteiger partial charge in [-0.3, -0.25) is 0 Å². The van der Waals surface area contributed by atoms with Crippen molar-refractivity contribution in [2.24, 2.45) is 0 Å². The van der Waals surface area contributed by atoms with Gasteiger partial charge >= 0.3 is 6.18 Å². The summed E-state index contributed by atoms with van der Waals surface area (Å²) in [6, 6.07) is 4.76. The van der Waals surface area contributed by atoms with E-state index in [-0.39, 0.29) is 5.52 Å². The Kier molecular flexibility index (Phi) is 2.30. The summed E-state index contributed by atoms with van der Waals surface area (Å²) in [5, 5.41) is 0.508. The summed E-state index contributed by atoms with van der Waals surface area (Å²) in [6.07, 6.45) is -3.38. The van der Waals surface area contributed by atoms with Crippen molar-refractivity contribution in [2.45, 2.75) is 11.1 Å². The molecular formula is C9H5F3N2S. The molecule has 0 amide bonds. The van der Waals surface area contributed by atoms with E-state index in [1.54, 1.807) is 12.1 Å². The first kappa shape index (κ1) is 10.2. The molecule has 0 bridgehead atoms. The Morgan fingerprint density at radius 2 is 1.93 bits per heavy atom. The first-order chi connectivity index (χ1) is 6.98. The molecule has 1 heterocycles. The summed E-state index contributed by atoms with van der Waals surface area (Å²) in [6.45, 7) is 0. The average molecular weight is 230 g/mol. The van der Waals surface area contributed by atoms with E-state index in [9.17, 15) is 13.2 Å². The normalized spacial score (nSPS) is 12.0. The van der Waals surface area contributed by atoms with Crippen molar-refractivity contribution in [3.05, 3.63) is 30.2 Å². The lowest BCUT2D eigenvalue weighted by Gasteiger charge is -2.06. The highest BCUT2D eigenvalue weighted by atomic mass is 32.1. The fraction of sp³-hybridized carbons (Fsp3) is 0.111. The summed E-state index contributed by atoms with van der Waals surface area (Å²) in [5.41, 5.74) is 0.241. The Morgan fingerprint density at radius 3 is 2.60 bits per heavy atom. The molecule has 0 aliphatic rings. The Balaban J connectivity index is 2.68. The fourth-order valence-corrected chi connectivity index (χ4v) is 1.43. The third-order valence-electron chi connectivity index (χ3n) is 1.86. The van der Waals surface area contributed by atoms with E-state index in [0.29, 0.717) is 10.3 Å². The van der Waals surface area contributed by atoms with Crippen molar-refractivity contribution in [3.63, 3.8) is 0 Å². The molecule has 0 N–H and O–H groups in total. The minimum Gasteiger partial charge on any atom is -0.232 e. The molecule has 1 aromatic carbocycles. The van der Waals surface area contributed by atoms with E-state index in [0.717, 1.165) is 6.20 Å². The first-order valence-electron chi connectivity index (χ1n) is 4.00. The van der Waals surface area contributed by atoms with Crippen LogP contribution in [0.2, 0.25) is 0 Å². The molecular weight excluding hydrogens is 225 g/mol. The van der Waals surface area contributed by atoms with E-state index in [1.165, 1.54) is 6.07 Å². The van der Waals surface area contributed by atoms with Crippen molar-refractivity contribution in [1.82, 2.24) is 9.97 Å². The van der Waals surface area contributed by atoms with E-state index in [2.05, 4.69) is 22.6 Å². The van der Waals surface area contributed by atoms with E-state index in [1.807, 2.05) is 0 Å². The second-order valence-corrected chi connectivity index (χ2v) is 3.38. The van der Waals surface area contributed by atoms with Gasteiger partial charge in [-0.05, 0) is 12.1 Å².